The van der Waals surface area contributed by atoms with Gasteiger partial charge in [0.25, 0.3) is 0 Å². The molecule has 0 atom stereocenters. The molecule has 0 N–H and O–H groups in total. The van der Waals surface area contributed by atoms with Gasteiger partial charge < -0.3 is 9.13 Å². The Labute approximate surface area is 384 Å². The monoisotopic (exact) mass is 853 g/mol. The molecule has 11 aromatic rings. The van der Waals surface area contributed by atoms with Gasteiger partial charge in [0.2, 0.25) is 0 Å². The summed E-state index contributed by atoms with van der Waals surface area (Å²) >= 11 is 0. The van der Waals surface area contributed by atoms with Gasteiger partial charge in [0, 0.05) is 61.8 Å². The Morgan fingerprint density at radius 3 is 1.42 bits per heavy atom. The second-order valence-corrected chi connectivity index (χ2v) is 19.1. The van der Waals surface area contributed by atoms with Gasteiger partial charge in [0.1, 0.15) is 0 Å². The molecular formula is C59H47N7. The van der Waals surface area contributed by atoms with Gasteiger partial charge in [-0.15, -0.1) is 0 Å². The molecule has 0 unspecified atom stereocenters. The highest BCUT2D eigenvalue weighted by Crippen LogP contribution is 2.46. The molecule has 7 nitrogen and oxygen atoms in total. The van der Waals surface area contributed by atoms with Gasteiger partial charge in [0.05, 0.1) is 45.1 Å². The number of hydrogen-bond acceptors (Lipinski definition) is 5. The van der Waals surface area contributed by atoms with Crippen LogP contribution in [0.15, 0.2) is 176 Å². The average molecular weight is 854 g/mol. The smallest absolute Gasteiger partial charge is 0.166 e. The molecule has 0 aliphatic carbocycles. The second-order valence-electron chi connectivity index (χ2n) is 19.1. The Hall–Kier alpha value is -8.21. The van der Waals surface area contributed by atoms with Crippen LogP contribution in [0, 0.1) is 11.3 Å². The molecule has 0 saturated carbocycles. The van der Waals surface area contributed by atoms with E-state index < -0.39 is 0 Å². The topological polar surface area (TPSA) is 85.2 Å². The largest absolute Gasteiger partial charge is 0.309 e. The summed E-state index contributed by atoms with van der Waals surface area (Å²) in [6.45, 7) is 13.6. The predicted molar refractivity (Wildman–Crippen MR) is 270 cm³/mol. The number of aromatic nitrogens is 6. The standard InChI is InChI=1S/C59H47N7/c1-58(2,3)40-25-27-51-44(33-40)45-34-41(59(4,5)6)26-28-52(45)66(51)54-46(48-36-61-30-29-53(48)65-49-23-15-13-21-42(49)43-22-14-16-24-50(43)65)31-37(35-60)32-47(54)57-63-55(38-17-9-7-10-18-38)62-56(64-57)39-19-11-8-12-20-39/h7-34,36H,1-6H3. The molecule has 0 radical (unpaired) electrons. The lowest BCUT2D eigenvalue weighted by Gasteiger charge is -2.22. The molecule has 66 heavy (non-hydrogen) atoms. The Morgan fingerprint density at radius 1 is 0.439 bits per heavy atom. The number of fused-ring (bicyclic) bond motifs is 6. The van der Waals surface area contributed by atoms with E-state index in [4.69, 9.17) is 19.9 Å². The van der Waals surface area contributed by atoms with E-state index in [-0.39, 0.29) is 10.8 Å². The molecule has 11 rings (SSSR count). The summed E-state index contributed by atoms with van der Waals surface area (Å²) in [6.07, 6.45) is 3.79. The van der Waals surface area contributed by atoms with Crippen molar-refractivity contribution >= 4 is 43.6 Å². The first-order valence-electron chi connectivity index (χ1n) is 22.4. The van der Waals surface area contributed by atoms with E-state index in [0.29, 0.717) is 28.6 Å². The van der Waals surface area contributed by atoms with Crippen LogP contribution in [-0.2, 0) is 10.8 Å². The van der Waals surface area contributed by atoms with Gasteiger partial charge in [-0.05, 0) is 76.6 Å². The lowest BCUT2D eigenvalue weighted by molar-refractivity contribution is 0.590. The van der Waals surface area contributed by atoms with Gasteiger partial charge in [0.15, 0.2) is 17.5 Å². The lowest BCUT2D eigenvalue weighted by Crippen LogP contribution is -2.10. The van der Waals surface area contributed by atoms with Crippen LogP contribution in [0.1, 0.15) is 58.2 Å². The highest BCUT2D eigenvalue weighted by molar-refractivity contribution is 6.12. The van der Waals surface area contributed by atoms with Crippen molar-refractivity contribution in [1.82, 2.24) is 29.1 Å². The maximum Gasteiger partial charge on any atom is 0.166 e. The van der Waals surface area contributed by atoms with Crippen LogP contribution in [0.3, 0.4) is 0 Å². The Morgan fingerprint density at radius 2 is 0.909 bits per heavy atom. The fourth-order valence-electron chi connectivity index (χ4n) is 9.41. The number of hydrogen-bond donors (Lipinski definition) is 0. The number of nitriles is 1. The molecule has 0 spiro atoms. The van der Waals surface area contributed by atoms with Crippen molar-refractivity contribution in [2.75, 3.05) is 0 Å². The summed E-state index contributed by atoms with van der Waals surface area (Å²) in [6, 6.07) is 59.4. The summed E-state index contributed by atoms with van der Waals surface area (Å²) in [5.41, 5.74) is 12.8. The van der Waals surface area contributed by atoms with Crippen molar-refractivity contribution < 1.29 is 0 Å². The Bertz CT molecular complexity index is 3540. The second kappa shape index (κ2) is 15.5. The molecule has 318 valence electrons. The molecule has 7 heteroatoms. The number of nitrogens with zero attached hydrogens (tertiary/aromatic N) is 7. The van der Waals surface area contributed by atoms with E-state index in [1.165, 1.54) is 11.1 Å². The lowest BCUT2D eigenvalue weighted by atomic mass is 9.85. The van der Waals surface area contributed by atoms with Gasteiger partial charge in [-0.3, -0.25) is 4.98 Å². The predicted octanol–water partition coefficient (Wildman–Crippen LogP) is 14.6. The van der Waals surface area contributed by atoms with Crippen molar-refractivity contribution in [1.29, 1.82) is 5.26 Å². The van der Waals surface area contributed by atoms with E-state index in [1.807, 2.05) is 85.2 Å². The summed E-state index contributed by atoms with van der Waals surface area (Å²) in [7, 11) is 0. The third-order valence-corrected chi connectivity index (χ3v) is 12.8. The first-order valence-corrected chi connectivity index (χ1v) is 22.4. The first-order chi connectivity index (χ1) is 32.0. The zero-order chi connectivity index (χ0) is 45.3. The molecule has 0 saturated heterocycles. The molecule has 4 heterocycles. The molecule has 0 aliphatic heterocycles. The number of pyridine rings is 1. The van der Waals surface area contributed by atoms with Crippen LogP contribution in [0.5, 0.6) is 0 Å². The highest BCUT2D eigenvalue weighted by atomic mass is 15.1. The van der Waals surface area contributed by atoms with E-state index in [9.17, 15) is 5.26 Å². The van der Waals surface area contributed by atoms with Crippen LogP contribution < -0.4 is 0 Å². The fourth-order valence-corrected chi connectivity index (χ4v) is 9.41. The zero-order valence-corrected chi connectivity index (χ0v) is 37.9. The minimum atomic E-state index is -0.0888. The molecule has 7 aromatic carbocycles. The van der Waals surface area contributed by atoms with Gasteiger partial charge in [-0.1, -0.05) is 151 Å². The summed E-state index contributed by atoms with van der Waals surface area (Å²) in [5.74, 6) is 1.52. The highest BCUT2D eigenvalue weighted by Gasteiger charge is 2.28. The van der Waals surface area contributed by atoms with E-state index in [0.717, 1.165) is 77.2 Å². The van der Waals surface area contributed by atoms with Crippen LogP contribution in [-0.4, -0.2) is 29.1 Å². The van der Waals surface area contributed by atoms with Crippen molar-refractivity contribution in [2.24, 2.45) is 0 Å². The Kier molecular flexibility index (Phi) is 9.52. The molecule has 4 aromatic heterocycles. The van der Waals surface area contributed by atoms with Gasteiger partial charge >= 0.3 is 0 Å². The fraction of sp³-hybridized carbons (Fsp3) is 0.136. The zero-order valence-electron chi connectivity index (χ0n) is 37.9. The molecular weight excluding hydrogens is 807 g/mol. The van der Waals surface area contributed by atoms with E-state index >= 15 is 0 Å². The van der Waals surface area contributed by atoms with Crippen molar-refractivity contribution in [3.05, 3.63) is 193 Å². The average Bonchev–Trinajstić information content (AvgIpc) is 3.85. The summed E-state index contributed by atoms with van der Waals surface area (Å²) < 4.78 is 4.69. The maximum atomic E-state index is 11.0. The third-order valence-electron chi connectivity index (χ3n) is 12.8. The maximum absolute atomic E-state index is 11.0. The molecule has 0 bridgehead atoms. The number of para-hydroxylation sites is 2. The van der Waals surface area contributed by atoms with E-state index in [2.05, 4.69) is 148 Å². The SMILES string of the molecule is CC(C)(C)c1ccc2c(c1)c1cc(C(C)(C)C)ccc1n2-c1c(-c2nc(-c3ccccc3)nc(-c3ccccc3)n2)cc(C#N)cc1-c1cnccc1-n1c2ccccc2c2ccccc21. The van der Waals surface area contributed by atoms with Crippen molar-refractivity contribution in [3.63, 3.8) is 0 Å². The number of rotatable bonds is 6. The minimum Gasteiger partial charge on any atom is -0.309 e. The summed E-state index contributed by atoms with van der Waals surface area (Å²) in [5, 5.41) is 15.6. The van der Waals surface area contributed by atoms with Crippen molar-refractivity contribution in [3.8, 4) is 62.7 Å². The third kappa shape index (κ3) is 6.81. The normalized spacial score (nSPS) is 12.1. The molecule has 0 fully saturated rings. The van der Waals surface area contributed by atoms with Crippen LogP contribution in [0.4, 0.5) is 0 Å². The van der Waals surface area contributed by atoms with Crippen molar-refractivity contribution in [2.45, 2.75) is 52.4 Å². The number of benzene rings is 7. The molecule has 0 aliphatic rings. The molecule has 0 amide bonds. The quantitative estimate of drug-likeness (QED) is 0.166. The van der Waals surface area contributed by atoms with Gasteiger partial charge in [-0.2, -0.15) is 5.26 Å². The van der Waals surface area contributed by atoms with Crippen LogP contribution >= 0.6 is 0 Å². The minimum absolute atomic E-state index is 0.0888. The van der Waals surface area contributed by atoms with Gasteiger partial charge in [-0.25, -0.2) is 15.0 Å². The Balaban J connectivity index is 1.32. The van der Waals surface area contributed by atoms with Crippen LogP contribution in [0.25, 0.3) is 100 Å². The van der Waals surface area contributed by atoms with E-state index in [1.54, 1.807) is 0 Å². The summed E-state index contributed by atoms with van der Waals surface area (Å²) in [4.78, 5) is 20.6. The first kappa shape index (κ1) is 40.6. The van der Waals surface area contributed by atoms with Crippen LogP contribution in [0.2, 0.25) is 0 Å².